The average Bonchev–Trinajstić information content (AvgIpc) is 3.67. The number of carbonyl (C=O) groups is 4. The van der Waals surface area contributed by atoms with Gasteiger partial charge < -0.3 is 10.2 Å². The van der Waals surface area contributed by atoms with E-state index in [2.05, 4.69) is 39.7 Å². The van der Waals surface area contributed by atoms with Crippen molar-refractivity contribution in [3.05, 3.63) is 132 Å². The molecule has 4 aromatic heterocycles. The van der Waals surface area contributed by atoms with Crippen molar-refractivity contribution < 1.29 is 29.4 Å². The molecule has 0 aliphatic carbocycles. The van der Waals surface area contributed by atoms with Crippen LogP contribution in [0.5, 0.6) is 11.8 Å². The molecule has 66 heavy (non-hydrogen) atoms. The number of rotatable bonds is 9. The molecule has 18 nitrogen and oxygen atoms in total. The molecule has 4 aliphatic rings. The quantitative estimate of drug-likeness (QED) is 0.166. The molecule has 10 rings (SSSR count). The summed E-state index contributed by atoms with van der Waals surface area (Å²) in [5.41, 5.74) is 2.64. The highest BCUT2D eigenvalue weighted by molar-refractivity contribution is 6.33. The lowest BCUT2D eigenvalue weighted by Crippen LogP contribution is -2.57. The van der Waals surface area contributed by atoms with Crippen LogP contribution in [0.15, 0.2) is 110 Å². The number of anilines is 4. The van der Waals surface area contributed by atoms with Crippen LogP contribution >= 0.6 is 0 Å². The van der Waals surface area contributed by atoms with E-state index in [9.17, 15) is 15.0 Å². The van der Waals surface area contributed by atoms with E-state index in [1.165, 1.54) is 22.2 Å². The molecule has 2 aromatic carbocycles. The summed E-state index contributed by atoms with van der Waals surface area (Å²) in [6.07, 6.45) is 9.30. The zero-order chi connectivity index (χ0) is 45.7. The van der Waals surface area contributed by atoms with Gasteiger partial charge in [-0.15, -0.1) is 0 Å². The number of aromatic nitrogens is 6. The summed E-state index contributed by atoms with van der Waals surface area (Å²) in [4.78, 5) is 96.1. The van der Waals surface area contributed by atoms with Crippen LogP contribution in [0.1, 0.15) is 48.2 Å². The number of pyridine rings is 2. The topological polar surface area (TPSA) is 206 Å². The molecule has 4 saturated heterocycles. The van der Waals surface area contributed by atoms with Crippen LogP contribution < -0.4 is 19.6 Å². The van der Waals surface area contributed by atoms with Crippen LogP contribution in [-0.2, 0) is 22.7 Å². The van der Waals surface area contributed by atoms with E-state index in [0.717, 1.165) is 44.7 Å². The number of likely N-dealkylation sites (tertiary alicyclic amines) is 2. The van der Waals surface area contributed by atoms with Gasteiger partial charge in [0.2, 0.25) is 11.8 Å². The lowest BCUT2D eigenvalue weighted by Gasteiger charge is -2.41. The fourth-order valence-corrected chi connectivity index (χ4v) is 9.82. The van der Waals surface area contributed by atoms with Crippen molar-refractivity contribution in [1.29, 1.82) is 0 Å². The van der Waals surface area contributed by atoms with Gasteiger partial charge >= 0.3 is 12.1 Å². The summed E-state index contributed by atoms with van der Waals surface area (Å²) in [5.74, 6) is -1.52. The van der Waals surface area contributed by atoms with Crippen LogP contribution in [0, 0.1) is 13.8 Å². The zero-order valence-electron chi connectivity index (χ0n) is 36.4. The fourth-order valence-electron chi connectivity index (χ4n) is 9.82. The third-order valence-electron chi connectivity index (χ3n) is 13.4. The molecule has 4 aliphatic heterocycles. The normalized spacial score (nSPS) is 18.6. The van der Waals surface area contributed by atoms with Gasteiger partial charge in [0, 0.05) is 57.2 Å². The molecule has 0 radical (unpaired) electrons. The Balaban J connectivity index is 1.04. The largest absolute Gasteiger partial charge is 0.492 e. The van der Waals surface area contributed by atoms with Gasteiger partial charge in [0.05, 0.1) is 47.6 Å². The number of carbonyl (C=O) groups excluding carboxylic acids is 4. The first kappa shape index (κ1) is 42.3. The SMILES string of the molecule is Cc1cccnc1CN1CCC2(CC1)C(=O)N(c1ccc(-c3ccccc3)c(N3C(=O)N(c4cnc(O)cn4)C4(CCN(Cc5ncccc5C)CC4)C3=O)c1)C(=O)N2c1cnc(O)cn1. The van der Waals surface area contributed by atoms with Crippen molar-refractivity contribution in [3.63, 3.8) is 0 Å². The predicted molar refractivity (Wildman–Crippen MR) is 242 cm³/mol. The third kappa shape index (κ3) is 7.14. The molecule has 0 unspecified atom stereocenters. The number of aryl methyl sites for hydroxylation is 2. The van der Waals surface area contributed by atoms with Gasteiger partial charge in [-0.25, -0.2) is 39.3 Å². The summed E-state index contributed by atoms with van der Waals surface area (Å²) in [7, 11) is 0. The summed E-state index contributed by atoms with van der Waals surface area (Å²) in [5, 5.41) is 20.2. The van der Waals surface area contributed by atoms with E-state index in [0.29, 0.717) is 50.4 Å². The van der Waals surface area contributed by atoms with Gasteiger partial charge in [0.25, 0.3) is 11.8 Å². The number of nitrogens with zero attached hydrogens (tertiary/aromatic N) is 12. The molecule has 0 atom stereocenters. The van der Waals surface area contributed by atoms with Crippen molar-refractivity contribution >= 4 is 46.9 Å². The van der Waals surface area contributed by atoms with E-state index in [4.69, 9.17) is 0 Å². The van der Waals surface area contributed by atoms with Crippen LogP contribution in [0.25, 0.3) is 11.1 Å². The molecule has 18 heteroatoms. The Bertz CT molecular complexity index is 2850. The molecule has 4 fully saturated rings. The smallest absolute Gasteiger partial charge is 0.338 e. The number of hydrogen-bond acceptors (Lipinski definition) is 14. The van der Waals surface area contributed by atoms with Gasteiger partial charge in [0.1, 0.15) is 11.1 Å². The maximum Gasteiger partial charge on any atom is 0.338 e. The number of amides is 6. The molecular formula is C48H46N12O6. The van der Waals surface area contributed by atoms with Crippen molar-refractivity contribution in [2.24, 2.45) is 0 Å². The van der Waals surface area contributed by atoms with Gasteiger partial charge in [-0.2, -0.15) is 0 Å². The van der Waals surface area contributed by atoms with E-state index < -0.39 is 35.0 Å². The zero-order valence-corrected chi connectivity index (χ0v) is 36.4. The first-order chi connectivity index (χ1) is 32.0. The Morgan fingerprint density at radius 2 is 1.03 bits per heavy atom. The van der Waals surface area contributed by atoms with Gasteiger partial charge in [-0.1, -0.05) is 48.5 Å². The highest BCUT2D eigenvalue weighted by atomic mass is 16.3. The molecule has 2 spiro atoms. The first-order valence-corrected chi connectivity index (χ1v) is 21.8. The molecule has 334 valence electrons. The number of imide groups is 2. The molecular weight excluding hydrogens is 841 g/mol. The Kier molecular flexibility index (Phi) is 10.7. The molecule has 8 heterocycles. The Labute approximate surface area is 379 Å². The first-order valence-electron chi connectivity index (χ1n) is 21.8. The molecule has 6 amide bonds. The van der Waals surface area contributed by atoms with Crippen molar-refractivity contribution in [1.82, 2.24) is 39.7 Å². The van der Waals surface area contributed by atoms with Crippen LogP contribution in [0.4, 0.5) is 32.6 Å². The number of hydrogen-bond donors (Lipinski definition) is 2. The van der Waals surface area contributed by atoms with E-state index in [-0.39, 0.29) is 60.5 Å². The second-order valence-corrected chi connectivity index (χ2v) is 17.2. The summed E-state index contributed by atoms with van der Waals surface area (Å²) in [6.45, 7) is 6.94. The third-order valence-corrected chi connectivity index (χ3v) is 13.4. The predicted octanol–water partition coefficient (Wildman–Crippen LogP) is 5.77. The lowest BCUT2D eigenvalue weighted by atomic mass is 9.85. The van der Waals surface area contributed by atoms with Crippen LogP contribution in [0.2, 0.25) is 0 Å². The summed E-state index contributed by atoms with van der Waals surface area (Å²) >= 11 is 0. The minimum atomic E-state index is -1.40. The number of benzene rings is 2. The summed E-state index contributed by atoms with van der Waals surface area (Å²) < 4.78 is 0. The molecule has 2 N–H and O–H groups in total. The number of urea groups is 2. The molecule has 6 aromatic rings. The highest BCUT2D eigenvalue weighted by Crippen LogP contribution is 2.47. The second kappa shape index (κ2) is 16.7. The second-order valence-electron chi connectivity index (χ2n) is 17.2. The van der Waals surface area contributed by atoms with Crippen LogP contribution in [-0.4, -0.2) is 111 Å². The summed E-state index contributed by atoms with van der Waals surface area (Å²) in [6, 6.07) is 20.5. The maximum atomic E-state index is 15.4. The van der Waals surface area contributed by atoms with Crippen molar-refractivity contribution in [2.45, 2.75) is 63.7 Å². The Hall–Kier alpha value is -7.70. The molecule has 0 bridgehead atoms. The van der Waals surface area contributed by atoms with Crippen LogP contribution in [0.3, 0.4) is 0 Å². The van der Waals surface area contributed by atoms with E-state index in [1.807, 2.05) is 68.4 Å². The highest BCUT2D eigenvalue weighted by Gasteiger charge is 2.62. The van der Waals surface area contributed by atoms with E-state index >= 15 is 14.4 Å². The van der Waals surface area contributed by atoms with E-state index in [1.54, 1.807) is 30.6 Å². The Morgan fingerprint density at radius 1 is 0.545 bits per heavy atom. The monoisotopic (exact) mass is 886 g/mol. The molecule has 0 saturated carbocycles. The number of aromatic hydroxyl groups is 2. The maximum absolute atomic E-state index is 15.4. The standard InChI is InChI=1S/C48H46N12O6/c1-31-8-6-18-49-36(31)29-55-20-14-47(15-21-55)43(63)57(45(65)59(47)39-25-53-41(61)27-51-39)34-12-13-35(33-10-4-3-5-11-33)38(24-34)58-44(64)48(60(46(58)66)40-26-54-42(62)28-52-40)16-22-56(23-17-48)30-37-32(2)9-7-19-50-37/h3-13,18-19,24-28H,14-17,20-23,29-30H2,1-2H3,(H,53,61)(H,54,62). The van der Waals surface area contributed by atoms with Gasteiger partial charge in [-0.05, 0) is 80.5 Å². The van der Waals surface area contributed by atoms with Crippen molar-refractivity contribution in [3.8, 4) is 22.9 Å². The minimum absolute atomic E-state index is 0.0853. The fraction of sp³-hybridized carbons (Fsp3) is 0.292. The number of piperidine rings is 2. The lowest BCUT2D eigenvalue weighted by molar-refractivity contribution is -0.123. The van der Waals surface area contributed by atoms with Gasteiger partial charge in [-0.3, -0.25) is 39.2 Å². The Morgan fingerprint density at radius 3 is 1.50 bits per heavy atom. The minimum Gasteiger partial charge on any atom is -0.492 e. The van der Waals surface area contributed by atoms with Gasteiger partial charge in [0.15, 0.2) is 11.6 Å². The average molecular weight is 887 g/mol. The van der Waals surface area contributed by atoms with Crippen molar-refractivity contribution in [2.75, 3.05) is 45.8 Å².